The van der Waals surface area contributed by atoms with Gasteiger partial charge < -0.3 is 16.4 Å². The molecule has 2 unspecified atom stereocenters. The van der Waals surface area contributed by atoms with Gasteiger partial charge in [0.15, 0.2) is 0 Å². The average Bonchev–Trinajstić information content (AvgIpc) is 2.35. The van der Waals surface area contributed by atoms with Crippen molar-refractivity contribution in [1.29, 1.82) is 0 Å². The van der Waals surface area contributed by atoms with Crippen LogP contribution >= 0.6 is 0 Å². The Bertz CT molecular complexity index is 264. The summed E-state index contributed by atoms with van der Waals surface area (Å²) in [5.41, 5.74) is 6.18. The fourth-order valence-corrected chi connectivity index (χ4v) is 3.12. The van der Waals surface area contributed by atoms with Gasteiger partial charge >= 0.3 is 0 Å². The number of hydrogen-bond donors (Lipinski definition) is 3. The predicted octanol–water partition coefficient (Wildman–Crippen LogP) is 1.15. The van der Waals surface area contributed by atoms with Crippen LogP contribution in [0.2, 0.25) is 0 Å². The van der Waals surface area contributed by atoms with Gasteiger partial charge in [0, 0.05) is 18.6 Å². The highest BCUT2D eigenvalue weighted by Gasteiger charge is 2.28. The Labute approximate surface area is 110 Å². The van der Waals surface area contributed by atoms with Gasteiger partial charge in [0.1, 0.15) is 0 Å². The first-order valence-corrected chi connectivity index (χ1v) is 7.54. The second-order valence-electron chi connectivity index (χ2n) is 5.81. The van der Waals surface area contributed by atoms with E-state index in [-0.39, 0.29) is 17.9 Å². The SMILES string of the molecule is NC1CCCCCCC1C(=O)N[C@H]1CCCNC1. The Balaban J connectivity index is 1.84. The summed E-state index contributed by atoms with van der Waals surface area (Å²) in [4.78, 5) is 12.3. The lowest BCUT2D eigenvalue weighted by Crippen LogP contribution is -2.50. The summed E-state index contributed by atoms with van der Waals surface area (Å²) < 4.78 is 0. The quantitative estimate of drug-likeness (QED) is 0.691. The normalized spacial score (nSPS) is 34.4. The number of rotatable bonds is 2. The molecule has 0 aromatic rings. The Kier molecular flexibility index (Phi) is 5.45. The molecule has 0 aromatic carbocycles. The van der Waals surface area contributed by atoms with Crippen molar-refractivity contribution in [2.24, 2.45) is 11.7 Å². The fourth-order valence-electron chi connectivity index (χ4n) is 3.12. The minimum atomic E-state index is 0.0345. The molecule has 2 aliphatic rings. The van der Waals surface area contributed by atoms with Crippen LogP contribution in [0.3, 0.4) is 0 Å². The van der Waals surface area contributed by atoms with E-state index in [0.29, 0.717) is 6.04 Å². The molecule has 0 spiro atoms. The van der Waals surface area contributed by atoms with Crippen LogP contribution in [0.1, 0.15) is 51.4 Å². The van der Waals surface area contributed by atoms with Gasteiger partial charge in [-0.15, -0.1) is 0 Å². The topological polar surface area (TPSA) is 67.2 Å². The molecule has 4 heteroatoms. The maximum Gasteiger partial charge on any atom is 0.224 e. The molecule has 1 aliphatic heterocycles. The standard InChI is InChI=1S/C14H27N3O/c15-13-8-4-2-1-3-7-12(13)14(18)17-11-6-5-9-16-10-11/h11-13,16H,1-10,15H2,(H,17,18)/t11-,12?,13?/m0/s1. The molecule has 1 saturated heterocycles. The third-order valence-electron chi connectivity index (χ3n) is 4.30. The third-order valence-corrected chi connectivity index (χ3v) is 4.30. The molecule has 0 aromatic heterocycles. The van der Waals surface area contributed by atoms with Crippen molar-refractivity contribution in [3.63, 3.8) is 0 Å². The van der Waals surface area contributed by atoms with E-state index in [1.54, 1.807) is 0 Å². The minimum absolute atomic E-state index is 0.0345. The van der Waals surface area contributed by atoms with Gasteiger partial charge in [-0.3, -0.25) is 4.79 Å². The van der Waals surface area contributed by atoms with Crippen molar-refractivity contribution in [2.45, 2.75) is 63.5 Å². The highest BCUT2D eigenvalue weighted by atomic mass is 16.2. The zero-order valence-electron chi connectivity index (χ0n) is 11.3. The molecule has 1 amide bonds. The van der Waals surface area contributed by atoms with Crippen LogP contribution < -0.4 is 16.4 Å². The summed E-state index contributed by atoms with van der Waals surface area (Å²) >= 11 is 0. The largest absolute Gasteiger partial charge is 0.352 e. The van der Waals surface area contributed by atoms with Crippen molar-refractivity contribution in [1.82, 2.24) is 10.6 Å². The molecular formula is C14H27N3O. The van der Waals surface area contributed by atoms with Gasteiger partial charge in [0.25, 0.3) is 0 Å². The van der Waals surface area contributed by atoms with Crippen molar-refractivity contribution >= 4 is 5.91 Å². The van der Waals surface area contributed by atoms with Crippen LogP contribution in [0, 0.1) is 5.92 Å². The number of nitrogens with two attached hydrogens (primary N) is 1. The number of carbonyl (C=O) groups excluding carboxylic acids is 1. The van der Waals surface area contributed by atoms with Crippen LogP contribution in [-0.2, 0) is 4.79 Å². The molecule has 2 fully saturated rings. The predicted molar refractivity (Wildman–Crippen MR) is 73.2 cm³/mol. The Morgan fingerprint density at radius 1 is 1.06 bits per heavy atom. The average molecular weight is 253 g/mol. The van der Waals surface area contributed by atoms with Crippen molar-refractivity contribution in [2.75, 3.05) is 13.1 Å². The van der Waals surface area contributed by atoms with Crippen molar-refractivity contribution in [3.8, 4) is 0 Å². The zero-order valence-corrected chi connectivity index (χ0v) is 11.3. The summed E-state index contributed by atoms with van der Waals surface area (Å²) in [6, 6.07) is 0.366. The number of carbonyl (C=O) groups is 1. The molecule has 0 bridgehead atoms. The summed E-state index contributed by atoms with van der Waals surface area (Å²) in [6.45, 7) is 1.99. The molecule has 1 aliphatic carbocycles. The molecule has 18 heavy (non-hydrogen) atoms. The lowest BCUT2D eigenvalue weighted by Gasteiger charge is -2.29. The zero-order chi connectivity index (χ0) is 12.8. The van der Waals surface area contributed by atoms with Crippen LogP contribution in [0.25, 0.3) is 0 Å². The number of amides is 1. The number of nitrogens with one attached hydrogen (secondary N) is 2. The van der Waals surface area contributed by atoms with Gasteiger partial charge in [-0.1, -0.05) is 25.7 Å². The summed E-state index contributed by atoms with van der Waals surface area (Å²) in [7, 11) is 0. The lowest BCUT2D eigenvalue weighted by atomic mass is 9.86. The molecular weight excluding hydrogens is 226 g/mol. The maximum atomic E-state index is 12.3. The smallest absolute Gasteiger partial charge is 0.224 e. The molecule has 1 heterocycles. The first kappa shape index (κ1) is 13.8. The van der Waals surface area contributed by atoms with E-state index >= 15 is 0 Å². The first-order chi connectivity index (χ1) is 8.77. The van der Waals surface area contributed by atoms with Gasteiger partial charge in [-0.25, -0.2) is 0 Å². The van der Waals surface area contributed by atoms with E-state index in [1.165, 1.54) is 19.3 Å². The summed E-state index contributed by atoms with van der Waals surface area (Å²) in [5, 5.41) is 6.52. The van der Waals surface area contributed by atoms with E-state index in [4.69, 9.17) is 5.73 Å². The van der Waals surface area contributed by atoms with Gasteiger partial charge in [-0.2, -0.15) is 0 Å². The third kappa shape index (κ3) is 3.95. The second kappa shape index (κ2) is 7.10. The van der Waals surface area contributed by atoms with E-state index in [1.807, 2.05) is 0 Å². The molecule has 4 nitrogen and oxygen atoms in total. The minimum Gasteiger partial charge on any atom is -0.352 e. The molecule has 4 N–H and O–H groups in total. The van der Waals surface area contributed by atoms with Crippen molar-refractivity contribution < 1.29 is 4.79 Å². The lowest BCUT2D eigenvalue weighted by molar-refractivity contribution is -0.126. The van der Waals surface area contributed by atoms with E-state index < -0.39 is 0 Å². The molecule has 104 valence electrons. The summed E-state index contributed by atoms with van der Waals surface area (Å²) in [6.07, 6.45) is 9.07. The fraction of sp³-hybridized carbons (Fsp3) is 0.929. The highest BCUT2D eigenvalue weighted by Crippen LogP contribution is 2.22. The maximum absolute atomic E-state index is 12.3. The van der Waals surface area contributed by atoms with Gasteiger partial charge in [0.05, 0.1) is 5.92 Å². The van der Waals surface area contributed by atoms with Crippen LogP contribution in [0.5, 0.6) is 0 Å². The Morgan fingerprint density at radius 3 is 2.56 bits per heavy atom. The van der Waals surface area contributed by atoms with Crippen molar-refractivity contribution in [3.05, 3.63) is 0 Å². The molecule has 2 rings (SSSR count). The molecule has 3 atom stereocenters. The number of hydrogen-bond acceptors (Lipinski definition) is 3. The monoisotopic (exact) mass is 253 g/mol. The Morgan fingerprint density at radius 2 is 1.83 bits per heavy atom. The van der Waals surface area contributed by atoms with Crippen LogP contribution in [0.4, 0.5) is 0 Å². The molecule has 0 radical (unpaired) electrons. The highest BCUT2D eigenvalue weighted by molar-refractivity contribution is 5.79. The van der Waals surface area contributed by atoms with Crippen LogP contribution in [0.15, 0.2) is 0 Å². The van der Waals surface area contributed by atoms with Crippen LogP contribution in [-0.4, -0.2) is 31.1 Å². The summed E-state index contributed by atoms with van der Waals surface area (Å²) in [5.74, 6) is 0.227. The van der Waals surface area contributed by atoms with Gasteiger partial charge in [0.2, 0.25) is 5.91 Å². The van der Waals surface area contributed by atoms with E-state index in [2.05, 4.69) is 10.6 Å². The Hall–Kier alpha value is -0.610. The second-order valence-corrected chi connectivity index (χ2v) is 5.81. The van der Waals surface area contributed by atoms with Gasteiger partial charge in [-0.05, 0) is 32.2 Å². The number of piperidine rings is 1. The van der Waals surface area contributed by atoms with E-state index in [0.717, 1.165) is 45.2 Å². The van der Waals surface area contributed by atoms with E-state index in [9.17, 15) is 4.79 Å². The first-order valence-electron chi connectivity index (χ1n) is 7.54. The molecule has 1 saturated carbocycles.